The fraction of sp³-hybridized carbons (Fsp3) is 0.118. The molecule has 0 unspecified atom stereocenters. The van der Waals surface area contributed by atoms with Crippen LogP contribution in [0, 0.1) is 0 Å². The number of hydrazine groups is 1. The molecule has 0 spiro atoms. The van der Waals surface area contributed by atoms with Crippen LogP contribution in [0.25, 0.3) is 5.69 Å². The fourth-order valence-electron chi connectivity index (χ4n) is 2.23. The van der Waals surface area contributed by atoms with Crippen LogP contribution in [0.3, 0.4) is 0 Å². The van der Waals surface area contributed by atoms with Gasteiger partial charge in [-0.3, -0.25) is 10.9 Å². The van der Waals surface area contributed by atoms with Gasteiger partial charge in [0, 0.05) is 6.42 Å². The summed E-state index contributed by atoms with van der Waals surface area (Å²) >= 11 is 0. The molecule has 2 aromatic carbocycles. The number of nitrogens with zero attached hydrogens (tertiary/aromatic N) is 3. The maximum atomic E-state index is 12.4. The van der Waals surface area contributed by atoms with Crippen molar-refractivity contribution in [2.24, 2.45) is 0 Å². The average Bonchev–Trinajstić information content (AvgIpc) is 2.61. The highest BCUT2D eigenvalue weighted by Crippen LogP contribution is 2.09. The SMILES string of the molecule is CCc1nc(NNc2ccccc2)nc(=O)n1-c1ccccc1. The molecule has 0 amide bonds. The van der Waals surface area contributed by atoms with Crippen LogP contribution >= 0.6 is 0 Å². The monoisotopic (exact) mass is 307 g/mol. The first-order valence-corrected chi connectivity index (χ1v) is 7.40. The average molecular weight is 307 g/mol. The molecule has 3 rings (SSSR count). The second-order valence-corrected chi connectivity index (χ2v) is 4.89. The molecular formula is C17H17N5O. The van der Waals surface area contributed by atoms with Crippen molar-refractivity contribution < 1.29 is 0 Å². The van der Waals surface area contributed by atoms with E-state index in [0.29, 0.717) is 12.2 Å². The highest BCUT2D eigenvalue weighted by atomic mass is 16.1. The number of benzene rings is 2. The summed E-state index contributed by atoms with van der Waals surface area (Å²) in [4.78, 5) is 20.8. The number of para-hydroxylation sites is 2. The predicted octanol–water partition coefficient (Wildman–Crippen LogP) is 2.63. The molecule has 1 heterocycles. The van der Waals surface area contributed by atoms with E-state index in [1.807, 2.05) is 67.6 Å². The molecule has 0 aliphatic heterocycles. The normalized spacial score (nSPS) is 10.3. The third-order valence-corrected chi connectivity index (χ3v) is 3.31. The molecule has 0 atom stereocenters. The molecule has 116 valence electrons. The molecule has 23 heavy (non-hydrogen) atoms. The van der Waals surface area contributed by atoms with Crippen LogP contribution in [0.4, 0.5) is 11.6 Å². The number of aromatic nitrogens is 3. The lowest BCUT2D eigenvalue weighted by Crippen LogP contribution is -2.28. The van der Waals surface area contributed by atoms with Crippen LogP contribution in [0.5, 0.6) is 0 Å². The van der Waals surface area contributed by atoms with Crippen molar-refractivity contribution >= 4 is 11.6 Å². The minimum Gasteiger partial charge on any atom is -0.298 e. The molecule has 0 aliphatic rings. The van der Waals surface area contributed by atoms with Gasteiger partial charge in [0.25, 0.3) is 0 Å². The predicted molar refractivity (Wildman–Crippen MR) is 90.7 cm³/mol. The Balaban J connectivity index is 1.90. The minimum absolute atomic E-state index is 0.253. The number of hydrogen-bond donors (Lipinski definition) is 2. The van der Waals surface area contributed by atoms with Gasteiger partial charge in [-0.1, -0.05) is 43.3 Å². The largest absolute Gasteiger partial charge is 0.356 e. The maximum Gasteiger partial charge on any atom is 0.356 e. The van der Waals surface area contributed by atoms with Crippen LogP contribution in [0.2, 0.25) is 0 Å². The topological polar surface area (TPSA) is 71.8 Å². The van der Waals surface area contributed by atoms with E-state index in [4.69, 9.17) is 0 Å². The van der Waals surface area contributed by atoms with Gasteiger partial charge < -0.3 is 0 Å². The van der Waals surface area contributed by atoms with E-state index in [-0.39, 0.29) is 11.6 Å². The van der Waals surface area contributed by atoms with Crippen molar-refractivity contribution in [3.05, 3.63) is 77.0 Å². The molecule has 6 nitrogen and oxygen atoms in total. The Kier molecular flexibility index (Phi) is 4.33. The summed E-state index contributed by atoms with van der Waals surface area (Å²) < 4.78 is 1.52. The van der Waals surface area contributed by atoms with E-state index >= 15 is 0 Å². The van der Waals surface area contributed by atoms with Gasteiger partial charge in [0.05, 0.1) is 11.4 Å². The van der Waals surface area contributed by atoms with Crippen LogP contribution in [0.15, 0.2) is 65.5 Å². The number of hydrogen-bond acceptors (Lipinski definition) is 5. The van der Waals surface area contributed by atoms with E-state index in [9.17, 15) is 4.79 Å². The van der Waals surface area contributed by atoms with Crippen LogP contribution in [-0.2, 0) is 6.42 Å². The molecule has 6 heteroatoms. The lowest BCUT2D eigenvalue weighted by atomic mass is 10.3. The Labute approximate surface area is 133 Å². The first kappa shape index (κ1) is 14.8. The zero-order chi connectivity index (χ0) is 16.1. The molecule has 0 aliphatic carbocycles. The quantitative estimate of drug-likeness (QED) is 0.709. The zero-order valence-electron chi connectivity index (χ0n) is 12.7. The Morgan fingerprint density at radius 2 is 1.57 bits per heavy atom. The summed E-state index contributed by atoms with van der Waals surface area (Å²) in [6.45, 7) is 1.95. The van der Waals surface area contributed by atoms with Gasteiger partial charge in [0.2, 0.25) is 5.95 Å². The van der Waals surface area contributed by atoms with Gasteiger partial charge in [-0.05, 0) is 24.3 Å². The minimum atomic E-state index is -0.361. The van der Waals surface area contributed by atoms with Crippen LogP contribution < -0.4 is 16.5 Å². The smallest absolute Gasteiger partial charge is 0.298 e. The Morgan fingerprint density at radius 3 is 2.22 bits per heavy atom. The lowest BCUT2D eigenvalue weighted by Gasteiger charge is -2.13. The molecule has 0 fully saturated rings. The van der Waals surface area contributed by atoms with Gasteiger partial charge in [-0.15, -0.1) is 0 Å². The Bertz CT molecular complexity index is 831. The first-order valence-electron chi connectivity index (χ1n) is 7.40. The van der Waals surface area contributed by atoms with Crippen molar-refractivity contribution in [1.82, 2.24) is 14.5 Å². The number of aryl methyl sites for hydroxylation is 1. The van der Waals surface area contributed by atoms with Gasteiger partial charge in [0.15, 0.2) is 0 Å². The second-order valence-electron chi connectivity index (χ2n) is 4.89. The lowest BCUT2D eigenvalue weighted by molar-refractivity contribution is 0.772. The van der Waals surface area contributed by atoms with Crippen molar-refractivity contribution in [3.63, 3.8) is 0 Å². The van der Waals surface area contributed by atoms with Crippen LogP contribution in [-0.4, -0.2) is 14.5 Å². The van der Waals surface area contributed by atoms with Gasteiger partial charge in [-0.2, -0.15) is 9.97 Å². The summed E-state index contributed by atoms with van der Waals surface area (Å²) in [6.07, 6.45) is 0.618. The Morgan fingerprint density at radius 1 is 0.913 bits per heavy atom. The van der Waals surface area contributed by atoms with Gasteiger partial charge in [-0.25, -0.2) is 9.36 Å². The molecule has 2 N–H and O–H groups in total. The number of anilines is 2. The van der Waals surface area contributed by atoms with E-state index in [0.717, 1.165) is 11.4 Å². The van der Waals surface area contributed by atoms with Crippen LogP contribution in [0.1, 0.15) is 12.7 Å². The highest BCUT2D eigenvalue weighted by Gasteiger charge is 2.10. The van der Waals surface area contributed by atoms with Gasteiger partial charge >= 0.3 is 5.69 Å². The molecule has 1 aromatic heterocycles. The summed E-state index contributed by atoms with van der Waals surface area (Å²) in [5, 5.41) is 0. The van der Waals surface area contributed by atoms with E-state index in [1.165, 1.54) is 4.57 Å². The van der Waals surface area contributed by atoms with Crippen molar-refractivity contribution in [2.45, 2.75) is 13.3 Å². The van der Waals surface area contributed by atoms with Crippen molar-refractivity contribution in [1.29, 1.82) is 0 Å². The number of nitrogens with one attached hydrogen (secondary N) is 2. The molecule has 0 saturated carbocycles. The standard InChI is InChI=1S/C17H17N5O/c1-2-15-18-16(21-20-13-9-5-3-6-10-13)19-17(23)22(15)14-11-7-4-8-12-14/h3-12,20H,2H2,1H3,(H,19,21,23). The molecule has 0 bridgehead atoms. The Hall–Kier alpha value is -3.15. The third-order valence-electron chi connectivity index (χ3n) is 3.31. The van der Waals surface area contributed by atoms with Crippen molar-refractivity contribution in [3.8, 4) is 5.69 Å². The van der Waals surface area contributed by atoms with E-state index in [2.05, 4.69) is 20.8 Å². The molecular weight excluding hydrogens is 290 g/mol. The number of rotatable bonds is 5. The summed E-state index contributed by atoms with van der Waals surface area (Å²) in [5.74, 6) is 0.899. The van der Waals surface area contributed by atoms with Gasteiger partial charge in [0.1, 0.15) is 5.82 Å². The maximum absolute atomic E-state index is 12.4. The summed E-state index contributed by atoms with van der Waals surface area (Å²) in [7, 11) is 0. The summed E-state index contributed by atoms with van der Waals surface area (Å²) in [6, 6.07) is 18.9. The van der Waals surface area contributed by atoms with E-state index in [1.54, 1.807) is 0 Å². The third kappa shape index (κ3) is 3.37. The molecule has 3 aromatic rings. The zero-order valence-corrected chi connectivity index (χ0v) is 12.7. The molecule has 0 saturated heterocycles. The molecule has 0 radical (unpaired) electrons. The van der Waals surface area contributed by atoms with Crippen molar-refractivity contribution in [2.75, 3.05) is 10.9 Å². The fourth-order valence-corrected chi connectivity index (χ4v) is 2.23. The first-order chi connectivity index (χ1) is 11.3. The summed E-state index contributed by atoms with van der Waals surface area (Å²) in [5.41, 5.74) is 7.11. The highest BCUT2D eigenvalue weighted by molar-refractivity contribution is 5.47. The second kappa shape index (κ2) is 6.74. The van der Waals surface area contributed by atoms with E-state index < -0.39 is 0 Å².